The molecule has 1 saturated heterocycles. The number of nitrogens with zero attached hydrogens (tertiary/aromatic N) is 3. The van der Waals surface area contributed by atoms with Crippen LogP contribution in [0.25, 0.3) is 0 Å². The van der Waals surface area contributed by atoms with Crippen molar-refractivity contribution in [1.82, 2.24) is 15.1 Å². The van der Waals surface area contributed by atoms with Crippen LogP contribution in [0.5, 0.6) is 0 Å². The summed E-state index contributed by atoms with van der Waals surface area (Å²) < 4.78 is 5.59. The number of carbonyl (C=O) groups excluding carboxylic acids is 1. The molecule has 0 aromatic carbocycles. The standard InChI is InChI=1S/C15H24N4O2/c1-3-9-16-14-8-7-13(17-18-14)15(20)19(4-2)11-12-6-5-10-21-12/h7-8,12H,3-6,9-11H2,1-2H3,(H,16,18). The van der Waals surface area contributed by atoms with Crippen LogP contribution in [0.2, 0.25) is 0 Å². The average Bonchev–Trinajstić information content (AvgIpc) is 3.03. The first-order valence-corrected chi connectivity index (χ1v) is 7.73. The first-order valence-electron chi connectivity index (χ1n) is 7.73. The van der Waals surface area contributed by atoms with E-state index >= 15 is 0 Å². The Balaban J connectivity index is 1.96. The highest BCUT2D eigenvalue weighted by Gasteiger charge is 2.23. The van der Waals surface area contributed by atoms with Gasteiger partial charge in [0.2, 0.25) is 0 Å². The molecule has 21 heavy (non-hydrogen) atoms. The van der Waals surface area contributed by atoms with Crippen LogP contribution in [-0.4, -0.2) is 53.3 Å². The van der Waals surface area contributed by atoms with Crippen LogP contribution in [0.15, 0.2) is 12.1 Å². The van der Waals surface area contributed by atoms with Gasteiger partial charge in [-0.05, 0) is 38.3 Å². The van der Waals surface area contributed by atoms with Gasteiger partial charge in [0.1, 0.15) is 5.82 Å². The van der Waals surface area contributed by atoms with Crippen molar-refractivity contribution in [2.75, 3.05) is 31.6 Å². The Hall–Kier alpha value is -1.69. The van der Waals surface area contributed by atoms with Gasteiger partial charge >= 0.3 is 0 Å². The number of amides is 1. The van der Waals surface area contributed by atoms with Gasteiger partial charge in [0, 0.05) is 26.2 Å². The van der Waals surface area contributed by atoms with Crippen LogP contribution in [0.4, 0.5) is 5.82 Å². The number of carbonyl (C=O) groups is 1. The number of likely N-dealkylation sites (N-methyl/N-ethyl adjacent to an activating group) is 1. The van der Waals surface area contributed by atoms with Crippen molar-refractivity contribution in [3.05, 3.63) is 17.8 Å². The molecule has 1 aromatic rings. The minimum absolute atomic E-state index is 0.0810. The summed E-state index contributed by atoms with van der Waals surface area (Å²) in [5.74, 6) is 0.623. The summed E-state index contributed by atoms with van der Waals surface area (Å²) in [5.41, 5.74) is 0.386. The third kappa shape index (κ3) is 4.39. The minimum Gasteiger partial charge on any atom is -0.376 e. The van der Waals surface area contributed by atoms with Gasteiger partial charge in [-0.2, -0.15) is 0 Å². The highest BCUT2D eigenvalue weighted by atomic mass is 16.5. The fourth-order valence-corrected chi connectivity index (χ4v) is 2.35. The summed E-state index contributed by atoms with van der Waals surface area (Å²) in [4.78, 5) is 14.2. The molecule has 6 nitrogen and oxygen atoms in total. The monoisotopic (exact) mass is 292 g/mol. The number of rotatable bonds is 7. The molecule has 1 unspecified atom stereocenters. The zero-order valence-corrected chi connectivity index (χ0v) is 12.8. The molecule has 1 aromatic heterocycles. The first-order chi connectivity index (χ1) is 10.2. The second-order valence-electron chi connectivity index (χ2n) is 5.21. The van der Waals surface area contributed by atoms with E-state index in [0.717, 1.165) is 32.4 Å². The lowest BCUT2D eigenvalue weighted by Crippen LogP contribution is -2.37. The molecule has 1 fully saturated rings. The number of hydrogen-bond donors (Lipinski definition) is 1. The van der Waals surface area contributed by atoms with E-state index in [4.69, 9.17) is 4.74 Å². The number of anilines is 1. The van der Waals surface area contributed by atoms with Gasteiger partial charge in [-0.3, -0.25) is 4.79 Å². The summed E-state index contributed by atoms with van der Waals surface area (Å²) in [6.07, 6.45) is 3.28. The lowest BCUT2D eigenvalue weighted by molar-refractivity contribution is 0.0534. The second-order valence-corrected chi connectivity index (χ2v) is 5.21. The molecule has 1 N–H and O–H groups in total. The van der Waals surface area contributed by atoms with Crippen LogP contribution in [0.1, 0.15) is 43.6 Å². The Morgan fingerprint density at radius 3 is 2.86 bits per heavy atom. The first kappa shape index (κ1) is 15.7. The van der Waals surface area contributed by atoms with Crippen molar-refractivity contribution in [3.8, 4) is 0 Å². The Kier molecular flexibility index (Phi) is 5.92. The predicted molar refractivity (Wildman–Crippen MR) is 81.4 cm³/mol. The molecule has 2 rings (SSSR count). The second kappa shape index (κ2) is 7.93. The quantitative estimate of drug-likeness (QED) is 0.832. The number of ether oxygens (including phenoxy) is 1. The van der Waals surface area contributed by atoms with Gasteiger partial charge in [0.15, 0.2) is 5.69 Å². The topological polar surface area (TPSA) is 67.4 Å². The van der Waals surface area contributed by atoms with E-state index in [0.29, 0.717) is 24.6 Å². The average molecular weight is 292 g/mol. The number of aromatic nitrogens is 2. The summed E-state index contributed by atoms with van der Waals surface area (Å²) in [7, 11) is 0. The molecular formula is C15H24N4O2. The molecule has 0 saturated carbocycles. The summed E-state index contributed by atoms with van der Waals surface area (Å²) in [6, 6.07) is 3.53. The van der Waals surface area contributed by atoms with Crippen molar-refractivity contribution in [2.45, 2.75) is 39.2 Å². The third-order valence-electron chi connectivity index (χ3n) is 3.56. The third-order valence-corrected chi connectivity index (χ3v) is 3.56. The van der Waals surface area contributed by atoms with Crippen molar-refractivity contribution in [3.63, 3.8) is 0 Å². The van der Waals surface area contributed by atoms with E-state index < -0.39 is 0 Å². The van der Waals surface area contributed by atoms with Gasteiger partial charge in [-0.1, -0.05) is 6.92 Å². The maximum Gasteiger partial charge on any atom is 0.274 e. The number of hydrogen-bond acceptors (Lipinski definition) is 5. The fourth-order valence-electron chi connectivity index (χ4n) is 2.35. The SMILES string of the molecule is CCCNc1ccc(C(=O)N(CC)CC2CCCO2)nn1. The van der Waals surface area contributed by atoms with E-state index in [1.807, 2.05) is 6.92 Å². The molecule has 1 aliphatic rings. The Morgan fingerprint density at radius 1 is 1.43 bits per heavy atom. The molecule has 0 radical (unpaired) electrons. The highest BCUT2D eigenvalue weighted by Crippen LogP contribution is 2.14. The predicted octanol–water partition coefficient (Wildman–Crippen LogP) is 1.94. The summed E-state index contributed by atoms with van der Waals surface area (Å²) in [6.45, 7) is 6.99. The molecule has 0 aliphatic carbocycles. The zero-order valence-electron chi connectivity index (χ0n) is 12.8. The Bertz CT molecular complexity index is 443. The molecule has 0 bridgehead atoms. The minimum atomic E-state index is -0.0810. The van der Waals surface area contributed by atoms with Crippen molar-refractivity contribution in [1.29, 1.82) is 0 Å². The van der Waals surface area contributed by atoms with E-state index in [1.165, 1.54) is 0 Å². The molecule has 0 spiro atoms. The summed E-state index contributed by atoms with van der Waals surface area (Å²) in [5, 5.41) is 11.2. The van der Waals surface area contributed by atoms with Crippen LogP contribution in [-0.2, 0) is 4.74 Å². The van der Waals surface area contributed by atoms with Gasteiger partial charge in [-0.15, -0.1) is 10.2 Å². The van der Waals surface area contributed by atoms with Gasteiger partial charge in [0.25, 0.3) is 5.91 Å². The molecular weight excluding hydrogens is 268 g/mol. The van der Waals surface area contributed by atoms with Gasteiger partial charge < -0.3 is 15.0 Å². The molecule has 1 aliphatic heterocycles. The van der Waals surface area contributed by atoms with Gasteiger partial charge in [0.05, 0.1) is 6.10 Å². The van der Waals surface area contributed by atoms with Crippen LogP contribution >= 0.6 is 0 Å². The maximum absolute atomic E-state index is 12.4. The largest absolute Gasteiger partial charge is 0.376 e. The molecule has 116 valence electrons. The van der Waals surface area contributed by atoms with E-state index in [1.54, 1.807) is 17.0 Å². The van der Waals surface area contributed by atoms with E-state index in [-0.39, 0.29) is 12.0 Å². The number of nitrogens with one attached hydrogen (secondary N) is 1. The highest BCUT2D eigenvalue weighted by molar-refractivity contribution is 5.92. The van der Waals surface area contributed by atoms with E-state index in [9.17, 15) is 4.79 Å². The lowest BCUT2D eigenvalue weighted by Gasteiger charge is -2.23. The fraction of sp³-hybridized carbons (Fsp3) is 0.667. The Morgan fingerprint density at radius 2 is 2.29 bits per heavy atom. The van der Waals surface area contributed by atoms with Crippen LogP contribution < -0.4 is 5.32 Å². The molecule has 2 heterocycles. The normalized spacial score (nSPS) is 17.7. The van der Waals surface area contributed by atoms with Crippen molar-refractivity contribution < 1.29 is 9.53 Å². The van der Waals surface area contributed by atoms with Crippen LogP contribution in [0.3, 0.4) is 0 Å². The molecule has 6 heteroatoms. The lowest BCUT2D eigenvalue weighted by atomic mass is 10.2. The molecule has 1 amide bonds. The maximum atomic E-state index is 12.4. The smallest absolute Gasteiger partial charge is 0.274 e. The van der Waals surface area contributed by atoms with Gasteiger partial charge in [-0.25, -0.2) is 0 Å². The van der Waals surface area contributed by atoms with Crippen molar-refractivity contribution in [2.24, 2.45) is 0 Å². The summed E-state index contributed by atoms with van der Waals surface area (Å²) >= 11 is 0. The van der Waals surface area contributed by atoms with Crippen molar-refractivity contribution >= 4 is 11.7 Å². The van der Waals surface area contributed by atoms with E-state index in [2.05, 4.69) is 22.4 Å². The Labute approximate surface area is 125 Å². The zero-order chi connectivity index (χ0) is 15.1. The molecule has 1 atom stereocenters. The van der Waals surface area contributed by atoms with Crippen LogP contribution in [0, 0.1) is 0 Å².